The number of hydrogen-bond acceptors (Lipinski definition) is 6. The van der Waals surface area contributed by atoms with Gasteiger partial charge in [0.2, 0.25) is 15.9 Å². The van der Waals surface area contributed by atoms with Gasteiger partial charge < -0.3 is 4.74 Å². The summed E-state index contributed by atoms with van der Waals surface area (Å²) >= 11 is 0. The van der Waals surface area contributed by atoms with E-state index in [1.807, 2.05) is 4.90 Å². The highest BCUT2D eigenvalue weighted by Gasteiger charge is 2.45. The summed E-state index contributed by atoms with van der Waals surface area (Å²) < 4.78 is 46.1. The van der Waals surface area contributed by atoms with Crippen molar-refractivity contribution in [3.05, 3.63) is 54.3 Å². The van der Waals surface area contributed by atoms with E-state index in [-0.39, 0.29) is 49.3 Å². The first-order valence-corrected chi connectivity index (χ1v) is 11.3. The molecule has 2 saturated heterocycles. The SMILES string of the molecule is COc1ccccc1N1C(=O)C[C@@H](N2CCN(S(=O)(=O)c3ccccc3F)CC2)C1=O. The van der Waals surface area contributed by atoms with E-state index < -0.39 is 21.9 Å². The molecule has 2 aliphatic heterocycles. The lowest BCUT2D eigenvalue weighted by Crippen LogP contribution is -2.53. The van der Waals surface area contributed by atoms with E-state index in [4.69, 9.17) is 4.74 Å². The van der Waals surface area contributed by atoms with Crippen LogP contribution in [0, 0.1) is 5.82 Å². The number of methoxy groups -OCH3 is 1. The van der Waals surface area contributed by atoms with Gasteiger partial charge in [0.05, 0.1) is 25.3 Å². The number of carbonyl (C=O) groups is 2. The molecule has 2 aromatic carbocycles. The summed E-state index contributed by atoms with van der Waals surface area (Å²) in [5.74, 6) is -1.07. The van der Waals surface area contributed by atoms with Gasteiger partial charge in [0.15, 0.2) is 0 Å². The van der Waals surface area contributed by atoms with E-state index in [1.54, 1.807) is 24.3 Å². The van der Waals surface area contributed by atoms with Gasteiger partial charge in [-0.25, -0.2) is 17.7 Å². The van der Waals surface area contributed by atoms with Gasteiger partial charge in [-0.1, -0.05) is 24.3 Å². The molecule has 0 N–H and O–H groups in total. The topological polar surface area (TPSA) is 87.2 Å². The number of piperazine rings is 1. The van der Waals surface area contributed by atoms with Crippen molar-refractivity contribution >= 4 is 27.5 Å². The van der Waals surface area contributed by atoms with Gasteiger partial charge in [0.1, 0.15) is 16.5 Å². The molecular formula is C21H22FN3O5S. The molecule has 2 heterocycles. The Hall–Kier alpha value is -2.82. The fraction of sp³-hybridized carbons (Fsp3) is 0.333. The van der Waals surface area contributed by atoms with Crippen molar-refractivity contribution in [2.75, 3.05) is 38.2 Å². The third kappa shape index (κ3) is 3.82. The van der Waals surface area contributed by atoms with Gasteiger partial charge in [-0.3, -0.25) is 14.5 Å². The Balaban J connectivity index is 1.48. The number of ether oxygens (including phenoxy) is 1. The molecular weight excluding hydrogens is 425 g/mol. The van der Waals surface area contributed by atoms with Crippen molar-refractivity contribution in [3.8, 4) is 5.75 Å². The third-order valence-corrected chi connectivity index (χ3v) is 7.55. The van der Waals surface area contributed by atoms with Crippen LogP contribution in [0.1, 0.15) is 6.42 Å². The van der Waals surface area contributed by atoms with Crippen molar-refractivity contribution in [2.45, 2.75) is 17.4 Å². The number of benzene rings is 2. The lowest BCUT2D eigenvalue weighted by molar-refractivity contribution is -0.123. The van der Waals surface area contributed by atoms with Crippen molar-refractivity contribution in [3.63, 3.8) is 0 Å². The van der Waals surface area contributed by atoms with Gasteiger partial charge in [-0.05, 0) is 24.3 Å². The number of sulfonamides is 1. The molecule has 0 aliphatic carbocycles. The van der Waals surface area contributed by atoms with Crippen LogP contribution in [-0.2, 0) is 19.6 Å². The zero-order valence-corrected chi connectivity index (χ0v) is 17.7. The van der Waals surface area contributed by atoms with Crippen LogP contribution in [0.2, 0.25) is 0 Å². The first kappa shape index (κ1) is 21.4. The van der Waals surface area contributed by atoms with Gasteiger partial charge in [0.25, 0.3) is 5.91 Å². The van der Waals surface area contributed by atoms with Gasteiger partial charge in [-0.2, -0.15) is 4.31 Å². The van der Waals surface area contributed by atoms with E-state index in [0.717, 1.165) is 11.0 Å². The highest BCUT2D eigenvalue weighted by atomic mass is 32.2. The molecule has 0 aromatic heterocycles. The maximum Gasteiger partial charge on any atom is 0.251 e. The van der Waals surface area contributed by atoms with Crippen LogP contribution in [0.3, 0.4) is 0 Å². The minimum absolute atomic E-state index is 0.0109. The van der Waals surface area contributed by atoms with E-state index in [9.17, 15) is 22.4 Å². The predicted molar refractivity (Wildman–Crippen MR) is 111 cm³/mol. The second-order valence-electron chi connectivity index (χ2n) is 7.33. The molecule has 0 unspecified atom stereocenters. The zero-order valence-electron chi connectivity index (χ0n) is 16.9. The number of imide groups is 1. The van der Waals surface area contributed by atoms with Crippen molar-refractivity contribution in [1.29, 1.82) is 0 Å². The maximum atomic E-state index is 14.0. The quantitative estimate of drug-likeness (QED) is 0.646. The van der Waals surface area contributed by atoms with Crippen LogP contribution in [0.4, 0.5) is 10.1 Å². The first-order valence-electron chi connectivity index (χ1n) is 9.83. The van der Waals surface area contributed by atoms with E-state index >= 15 is 0 Å². The molecule has 0 bridgehead atoms. The summed E-state index contributed by atoms with van der Waals surface area (Å²) in [6, 6.07) is 11.4. The van der Waals surface area contributed by atoms with Crippen LogP contribution in [0.15, 0.2) is 53.4 Å². The largest absolute Gasteiger partial charge is 0.495 e. The van der Waals surface area contributed by atoms with E-state index in [2.05, 4.69) is 0 Å². The molecule has 8 nitrogen and oxygen atoms in total. The van der Waals surface area contributed by atoms with Gasteiger partial charge in [0, 0.05) is 26.2 Å². The molecule has 2 fully saturated rings. The van der Waals surface area contributed by atoms with Gasteiger partial charge >= 0.3 is 0 Å². The maximum absolute atomic E-state index is 14.0. The molecule has 0 spiro atoms. The van der Waals surface area contributed by atoms with Crippen LogP contribution >= 0.6 is 0 Å². The summed E-state index contributed by atoms with van der Waals surface area (Å²) in [5, 5.41) is 0. The molecule has 0 saturated carbocycles. The second-order valence-corrected chi connectivity index (χ2v) is 9.24. The Morgan fingerprint density at radius 1 is 0.968 bits per heavy atom. The predicted octanol–water partition coefficient (Wildman–Crippen LogP) is 1.47. The lowest BCUT2D eigenvalue weighted by Gasteiger charge is -2.36. The highest BCUT2D eigenvalue weighted by molar-refractivity contribution is 7.89. The van der Waals surface area contributed by atoms with Crippen molar-refractivity contribution in [2.24, 2.45) is 0 Å². The molecule has 2 amide bonds. The molecule has 4 rings (SSSR count). The number of rotatable bonds is 5. The van der Waals surface area contributed by atoms with Crippen LogP contribution < -0.4 is 9.64 Å². The van der Waals surface area contributed by atoms with Crippen LogP contribution in [0.5, 0.6) is 5.75 Å². The minimum Gasteiger partial charge on any atom is -0.495 e. The number of para-hydroxylation sites is 2. The summed E-state index contributed by atoms with van der Waals surface area (Å²) in [6.07, 6.45) is 0.0109. The first-order chi connectivity index (χ1) is 14.8. The number of amides is 2. The molecule has 0 radical (unpaired) electrons. The minimum atomic E-state index is -3.97. The smallest absolute Gasteiger partial charge is 0.251 e. The molecule has 2 aliphatic rings. The number of anilines is 1. The summed E-state index contributed by atoms with van der Waals surface area (Å²) in [5.41, 5.74) is 0.392. The van der Waals surface area contributed by atoms with E-state index in [1.165, 1.54) is 29.6 Å². The molecule has 31 heavy (non-hydrogen) atoms. The number of halogens is 1. The zero-order chi connectivity index (χ0) is 22.2. The molecule has 10 heteroatoms. The summed E-state index contributed by atoms with van der Waals surface area (Å²) in [6.45, 7) is 0.723. The second kappa shape index (κ2) is 8.37. The van der Waals surface area contributed by atoms with Crippen molar-refractivity contribution in [1.82, 2.24) is 9.21 Å². The lowest BCUT2D eigenvalue weighted by atomic mass is 10.2. The molecule has 1 atom stereocenters. The monoisotopic (exact) mass is 447 g/mol. The Kier molecular flexibility index (Phi) is 5.78. The Labute approximate surface area is 179 Å². The van der Waals surface area contributed by atoms with Gasteiger partial charge in [-0.15, -0.1) is 0 Å². The summed E-state index contributed by atoms with van der Waals surface area (Å²) in [4.78, 5) is 28.3. The number of hydrogen-bond donors (Lipinski definition) is 0. The fourth-order valence-electron chi connectivity index (χ4n) is 4.02. The van der Waals surface area contributed by atoms with E-state index in [0.29, 0.717) is 11.4 Å². The Morgan fingerprint density at radius 2 is 1.61 bits per heavy atom. The third-order valence-electron chi connectivity index (χ3n) is 5.62. The highest BCUT2D eigenvalue weighted by Crippen LogP contribution is 2.33. The normalized spacial score (nSPS) is 21.0. The Morgan fingerprint density at radius 3 is 2.29 bits per heavy atom. The van der Waals surface area contributed by atoms with Crippen LogP contribution in [0.25, 0.3) is 0 Å². The average Bonchev–Trinajstić information content (AvgIpc) is 3.07. The molecule has 2 aromatic rings. The number of carbonyl (C=O) groups excluding carboxylic acids is 2. The Bertz CT molecular complexity index is 1120. The molecule has 164 valence electrons. The standard InChI is InChI=1S/C21H22FN3O5S/c1-30-18-8-4-3-7-16(18)25-20(26)14-17(21(25)27)23-10-12-24(13-11-23)31(28,29)19-9-5-2-6-15(19)22/h2-9,17H,10-14H2,1H3/t17-/m1/s1. The number of nitrogens with zero attached hydrogens (tertiary/aromatic N) is 3. The summed E-state index contributed by atoms with van der Waals surface area (Å²) in [7, 11) is -2.51. The van der Waals surface area contributed by atoms with Crippen molar-refractivity contribution < 1.29 is 27.1 Å². The van der Waals surface area contributed by atoms with Crippen LogP contribution in [-0.4, -0.2) is 68.8 Å². The fourth-order valence-corrected chi connectivity index (χ4v) is 5.50. The average molecular weight is 447 g/mol.